The number of carbonyl (C=O) groups excluding carboxylic acids is 1. The van der Waals surface area contributed by atoms with Gasteiger partial charge in [-0.1, -0.05) is 13.0 Å². The summed E-state index contributed by atoms with van der Waals surface area (Å²) in [5.41, 5.74) is 1.49. The molecule has 120 valence electrons. The van der Waals surface area contributed by atoms with Gasteiger partial charge in [-0.15, -0.1) is 0 Å². The number of nitrogens with one attached hydrogen (secondary N) is 1. The van der Waals surface area contributed by atoms with Crippen molar-refractivity contribution in [2.24, 2.45) is 5.92 Å². The van der Waals surface area contributed by atoms with Crippen LogP contribution in [0.1, 0.15) is 35.8 Å². The second kappa shape index (κ2) is 7.17. The van der Waals surface area contributed by atoms with Crippen LogP contribution in [0.25, 0.3) is 0 Å². The molecule has 0 atom stereocenters. The van der Waals surface area contributed by atoms with Crippen LogP contribution < -0.4 is 5.32 Å². The first-order valence-electron chi connectivity index (χ1n) is 7.97. The lowest BCUT2D eigenvalue weighted by atomic mass is 9.99. The average Bonchev–Trinajstić information content (AvgIpc) is 2.61. The van der Waals surface area contributed by atoms with Crippen LogP contribution in [0, 0.1) is 5.92 Å². The molecule has 1 saturated heterocycles. The molecular formula is C17H21N5O. The van der Waals surface area contributed by atoms with Crippen molar-refractivity contribution in [1.82, 2.24) is 19.9 Å². The lowest BCUT2D eigenvalue weighted by molar-refractivity contribution is 0.0691. The van der Waals surface area contributed by atoms with E-state index in [1.807, 2.05) is 17.0 Å². The molecule has 0 spiro atoms. The number of aromatic nitrogens is 3. The van der Waals surface area contributed by atoms with Crippen LogP contribution in [0.2, 0.25) is 0 Å². The Balaban J connectivity index is 1.64. The first-order chi connectivity index (χ1) is 11.2. The highest BCUT2D eigenvalue weighted by molar-refractivity contribution is 5.92. The zero-order valence-electron chi connectivity index (χ0n) is 13.3. The molecule has 3 rings (SSSR count). The van der Waals surface area contributed by atoms with Crippen molar-refractivity contribution in [2.75, 3.05) is 18.4 Å². The van der Waals surface area contributed by atoms with Gasteiger partial charge in [0.2, 0.25) is 5.95 Å². The quantitative estimate of drug-likeness (QED) is 0.938. The van der Waals surface area contributed by atoms with Crippen molar-refractivity contribution in [3.05, 3.63) is 48.0 Å². The molecule has 1 amide bonds. The minimum Gasteiger partial charge on any atom is -0.350 e. The van der Waals surface area contributed by atoms with Gasteiger partial charge in [-0.25, -0.2) is 9.97 Å². The zero-order valence-corrected chi connectivity index (χ0v) is 13.3. The molecule has 0 aromatic carbocycles. The Labute approximate surface area is 136 Å². The number of carbonyl (C=O) groups is 1. The van der Waals surface area contributed by atoms with E-state index in [9.17, 15) is 4.79 Å². The average molecular weight is 311 g/mol. The number of anilines is 1. The number of amides is 1. The van der Waals surface area contributed by atoms with Gasteiger partial charge < -0.3 is 10.2 Å². The molecule has 23 heavy (non-hydrogen) atoms. The summed E-state index contributed by atoms with van der Waals surface area (Å²) >= 11 is 0. The fourth-order valence-electron chi connectivity index (χ4n) is 2.62. The number of likely N-dealkylation sites (tertiary alicyclic amines) is 1. The number of hydrogen-bond acceptors (Lipinski definition) is 5. The van der Waals surface area contributed by atoms with E-state index in [0.717, 1.165) is 31.5 Å². The van der Waals surface area contributed by atoms with Crippen molar-refractivity contribution < 1.29 is 4.79 Å². The van der Waals surface area contributed by atoms with Gasteiger partial charge in [0.25, 0.3) is 5.91 Å². The van der Waals surface area contributed by atoms with Crippen LogP contribution in [0.5, 0.6) is 0 Å². The van der Waals surface area contributed by atoms with Crippen molar-refractivity contribution >= 4 is 11.9 Å². The molecule has 1 aliphatic heterocycles. The molecule has 1 fully saturated rings. The fourth-order valence-corrected chi connectivity index (χ4v) is 2.62. The number of rotatable bonds is 4. The molecule has 0 radical (unpaired) electrons. The van der Waals surface area contributed by atoms with E-state index in [2.05, 4.69) is 27.2 Å². The third kappa shape index (κ3) is 4.03. The van der Waals surface area contributed by atoms with E-state index in [-0.39, 0.29) is 5.91 Å². The lowest BCUT2D eigenvalue weighted by Gasteiger charge is -2.30. The highest BCUT2D eigenvalue weighted by atomic mass is 16.2. The van der Waals surface area contributed by atoms with Gasteiger partial charge in [-0.3, -0.25) is 9.78 Å². The Morgan fingerprint density at radius 2 is 2.13 bits per heavy atom. The maximum atomic E-state index is 12.5. The van der Waals surface area contributed by atoms with Crippen LogP contribution in [0.3, 0.4) is 0 Å². The Morgan fingerprint density at radius 1 is 1.30 bits per heavy atom. The molecule has 0 bridgehead atoms. The minimum atomic E-state index is -0.0104. The molecule has 0 aliphatic carbocycles. The monoisotopic (exact) mass is 311 g/mol. The van der Waals surface area contributed by atoms with Crippen molar-refractivity contribution in [3.8, 4) is 0 Å². The molecule has 6 nitrogen and oxygen atoms in total. The second-order valence-electron chi connectivity index (χ2n) is 5.96. The Kier molecular flexibility index (Phi) is 4.80. The number of pyridine rings is 1. The first-order valence-corrected chi connectivity index (χ1v) is 7.97. The van der Waals surface area contributed by atoms with Crippen LogP contribution in [-0.2, 0) is 6.54 Å². The minimum absolute atomic E-state index is 0.0104. The van der Waals surface area contributed by atoms with Crippen molar-refractivity contribution in [1.29, 1.82) is 0 Å². The molecule has 0 saturated carbocycles. The molecule has 0 unspecified atom stereocenters. The highest BCUT2D eigenvalue weighted by Crippen LogP contribution is 2.17. The zero-order chi connectivity index (χ0) is 16.1. The molecule has 2 aromatic heterocycles. The lowest BCUT2D eigenvalue weighted by Crippen LogP contribution is -2.38. The van der Waals surface area contributed by atoms with E-state index in [0.29, 0.717) is 24.1 Å². The molecule has 1 aliphatic rings. The summed E-state index contributed by atoms with van der Waals surface area (Å²) in [7, 11) is 0. The van der Waals surface area contributed by atoms with E-state index < -0.39 is 0 Å². The van der Waals surface area contributed by atoms with Crippen LogP contribution in [0.4, 0.5) is 5.95 Å². The Bertz CT molecular complexity index is 653. The van der Waals surface area contributed by atoms with Crippen LogP contribution in [0.15, 0.2) is 36.8 Å². The second-order valence-corrected chi connectivity index (χ2v) is 5.96. The number of nitrogens with zero attached hydrogens (tertiary/aromatic N) is 4. The molecular weight excluding hydrogens is 290 g/mol. The predicted molar refractivity (Wildman–Crippen MR) is 87.9 cm³/mol. The summed E-state index contributed by atoms with van der Waals surface area (Å²) in [6, 6.07) is 5.54. The molecule has 3 heterocycles. The largest absolute Gasteiger partial charge is 0.350 e. The molecule has 2 aromatic rings. The van der Waals surface area contributed by atoms with E-state index in [1.165, 1.54) is 0 Å². The van der Waals surface area contributed by atoms with Crippen molar-refractivity contribution in [3.63, 3.8) is 0 Å². The van der Waals surface area contributed by atoms with Gasteiger partial charge in [-0.2, -0.15) is 0 Å². The maximum Gasteiger partial charge on any atom is 0.272 e. The van der Waals surface area contributed by atoms with Gasteiger partial charge in [0.1, 0.15) is 5.69 Å². The number of piperidine rings is 1. The summed E-state index contributed by atoms with van der Waals surface area (Å²) in [5.74, 6) is 1.15. The summed E-state index contributed by atoms with van der Waals surface area (Å²) in [6.45, 7) is 4.42. The topological polar surface area (TPSA) is 71.0 Å². The summed E-state index contributed by atoms with van der Waals surface area (Å²) < 4.78 is 0. The molecule has 1 N–H and O–H groups in total. The third-order valence-electron chi connectivity index (χ3n) is 4.12. The smallest absolute Gasteiger partial charge is 0.272 e. The van der Waals surface area contributed by atoms with Gasteiger partial charge >= 0.3 is 0 Å². The summed E-state index contributed by atoms with van der Waals surface area (Å²) in [6.07, 6.45) is 7.26. The van der Waals surface area contributed by atoms with E-state index in [1.54, 1.807) is 24.7 Å². The van der Waals surface area contributed by atoms with Crippen LogP contribution >= 0.6 is 0 Å². The number of hydrogen-bond donors (Lipinski definition) is 1. The van der Waals surface area contributed by atoms with E-state index in [4.69, 9.17) is 0 Å². The standard InChI is InChI=1S/C17H21N5O/c1-13-5-9-22(10-6-13)16(23)15-4-8-19-17(21-15)20-12-14-3-2-7-18-11-14/h2-4,7-8,11,13H,5-6,9-10,12H2,1H3,(H,19,20,21). The van der Waals surface area contributed by atoms with Gasteiger partial charge in [0, 0.05) is 38.2 Å². The summed E-state index contributed by atoms with van der Waals surface area (Å²) in [5, 5.41) is 3.13. The molecule has 6 heteroatoms. The van der Waals surface area contributed by atoms with Crippen LogP contribution in [-0.4, -0.2) is 38.8 Å². The Morgan fingerprint density at radius 3 is 2.87 bits per heavy atom. The summed E-state index contributed by atoms with van der Waals surface area (Å²) in [4.78, 5) is 27.0. The van der Waals surface area contributed by atoms with Gasteiger partial charge in [0.05, 0.1) is 0 Å². The predicted octanol–water partition coefficient (Wildman–Crippen LogP) is 2.36. The third-order valence-corrected chi connectivity index (χ3v) is 4.12. The Hall–Kier alpha value is -2.50. The highest BCUT2D eigenvalue weighted by Gasteiger charge is 2.22. The first kappa shape index (κ1) is 15.4. The SMILES string of the molecule is CC1CCN(C(=O)c2ccnc(NCc3cccnc3)n2)CC1. The normalized spacial score (nSPS) is 15.4. The van der Waals surface area contributed by atoms with Gasteiger partial charge in [-0.05, 0) is 36.5 Å². The maximum absolute atomic E-state index is 12.5. The fraction of sp³-hybridized carbons (Fsp3) is 0.412. The van der Waals surface area contributed by atoms with Crippen molar-refractivity contribution in [2.45, 2.75) is 26.3 Å². The van der Waals surface area contributed by atoms with E-state index >= 15 is 0 Å². The van der Waals surface area contributed by atoms with Gasteiger partial charge in [0.15, 0.2) is 0 Å².